The first kappa shape index (κ1) is 36.2. The van der Waals surface area contributed by atoms with E-state index < -0.39 is 0 Å². The maximum absolute atomic E-state index is 11.6. The first-order valence-corrected chi connectivity index (χ1v) is 15.8. The Hall–Kier alpha value is -4.32. The summed E-state index contributed by atoms with van der Waals surface area (Å²) >= 11 is 0. The van der Waals surface area contributed by atoms with Gasteiger partial charge in [0.1, 0.15) is 11.5 Å². The molecule has 0 spiro atoms. The molecule has 0 bridgehead atoms. The maximum Gasteiger partial charge on any atom is 0.333 e. The van der Waals surface area contributed by atoms with Crippen LogP contribution in [0, 0.1) is 11.8 Å². The second-order valence-corrected chi connectivity index (χ2v) is 13.5. The van der Waals surface area contributed by atoms with Gasteiger partial charge in [0.15, 0.2) is 0 Å². The Morgan fingerprint density at radius 3 is 1.07 bits per heavy atom. The Labute approximate surface area is 275 Å². The minimum absolute atomic E-state index is 0.0637. The minimum atomic E-state index is -0.376. The van der Waals surface area contributed by atoms with Crippen molar-refractivity contribution in [1.29, 1.82) is 0 Å². The highest BCUT2D eigenvalue weighted by Gasteiger charge is 2.27. The molecule has 6 heteroatoms. The van der Waals surface area contributed by atoms with Crippen LogP contribution in [0.5, 0.6) is 11.5 Å². The number of hydrogen-bond donors (Lipinski definition) is 0. The van der Waals surface area contributed by atoms with Crippen LogP contribution >= 0.6 is 0 Å². The van der Waals surface area contributed by atoms with Crippen molar-refractivity contribution >= 4 is 11.9 Å². The Bertz CT molecular complexity index is 1370. The monoisotopic (exact) mass is 626 g/mol. The molecule has 0 heterocycles. The van der Waals surface area contributed by atoms with Crippen molar-refractivity contribution in [3.05, 3.63) is 119 Å². The van der Waals surface area contributed by atoms with Crippen LogP contribution in [-0.2, 0) is 29.9 Å². The Balaban J connectivity index is 1.58. The molecular formula is C40H50O6. The molecule has 3 rings (SSSR count). The van der Waals surface area contributed by atoms with E-state index in [1.807, 2.05) is 38.1 Å². The predicted molar refractivity (Wildman–Crippen MR) is 184 cm³/mol. The lowest BCUT2D eigenvalue weighted by atomic mass is 9.74. The molecular weight excluding hydrogens is 576 g/mol. The fraction of sp³-hybridized carbons (Fsp3) is 0.400. The molecule has 0 amide bonds. The fourth-order valence-corrected chi connectivity index (χ4v) is 4.83. The first-order chi connectivity index (χ1) is 21.6. The summed E-state index contributed by atoms with van der Waals surface area (Å²) in [5, 5.41) is 0. The summed E-state index contributed by atoms with van der Waals surface area (Å²) in [7, 11) is 0. The normalized spacial score (nSPS) is 12.9. The molecule has 0 N–H and O–H groups in total. The molecule has 0 radical (unpaired) electrons. The predicted octanol–water partition coefficient (Wildman–Crippen LogP) is 8.61. The molecule has 2 atom stereocenters. The van der Waals surface area contributed by atoms with Crippen LogP contribution in [0.2, 0.25) is 0 Å². The van der Waals surface area contributed by atoms with E-state index in [-0.39, 0.29) is 34.6 Å². The molecule has 2 unspecified atom stereocenters. The topological polar surface area (TPSA) is 71.1 Å². The SMILES string of the molecule is C=C(C)C(=O)OCC(C)COc1ccc(C(C)(C)c2ccc(C(C)(C)c3ccc(OCC(C)COC(=O)C(=C)C)cc3)cc2)cc1. The zero-order valence-corrected chi connectivity index (χ0v) is 28.8. The third-order valence-corrected chi connectivity index (χ3v) is 8.24. The van der Waals surface area contributed by atoms with Crippen LogP contribution in [0.3, 0.4) is 0 Å². The highest BCUT2D eigenvalue weighted by molar-refractivity contribution is 5.87. The quantitative estimate of drug-likeness (QED) is 0.117. The highest BCUT2D eigenvalue weighted by Crippen LogP contribution is 2.36. The van der Waals surface area contributed by atoms with E-state index in [1.54, 1.807) is 13.8 Å². The highest BCUT2D eigenvalue weighted by atomic mass is 16.5. The molecule has 6 nitrogen and oxygen atoms in total. The Kier molecular flexibility index (Phi) is 12.4. The molecule has 0 aliphatic rings. The third kappa shape index (κ3) is 9.84. The largest absolute Gasteiger partial charge is 0.493 e. The van der Waals surface area contributed by atoms with Gasteiger partial charge >= 0.3 is 11.9 Å². The lowest BCUT2D eigenvalue weighted by Crippen LogP contribution is -2.21. The molecule has 3 aromatic carbocycles. The zero-order valence-electron chi connectivity index (χ0n) is 28.8. The number of carbonyl (C=O) groups is 2. The number of ether oxygens (including phenoxy) is 4. The van der Waals surface area contributed by atoms with Crippen LogP contribution < -0.4 is 9.47 Å². The van der Waals surface area contributed by atoms with Gasteiger partial charge in [-0.3, -0.25) is 0 Å². The van der Waals surface area contributed by atoms with E-state index in [0.717, 1.165) is 11.5 Å². The van der Waals surface area contributed by atoms with Crippen molar-refractivity contribution in [3.63, 3.8) is 0 Å². The van der Waals surface area contributed by atoms with E-state index >= 15 is 0 Å². The summed E-state index contributed by atoms with van der Waals surface area (Å²) < 4.78 is 22.3. The third-order valence-electron chi connectivity index (χ3n) is 8.24. The number of esters is 2. The smallest absolute Gasteiger partial charge is 0.333 e. The van der Waals surface area contributed by atoms with Gasteiger partial charge in [-0.05, 0) is 60.4 Å². The second kappa shape index (κ2) is 15.8. The summed E-state index contributed by atoms with van der Waals surface area (Å²) in [6.07, 6.45) is 0. The van der Waals surface area contributed by atoms with Crippen LogP contribution in [0.25, 0.3) is 0 Å². The van der Waals surface area contributed by atoms with E-state index in [9.17, 15) is 9.59 Å². The number of carbonyl (C=O) groups excluding carboxylic acids is 2. The van der Waals surface area contributed by atoms with E-state index in [2.05, 4.69) is 89.4 Å². The van der Waals surface area contributed by atoms with Crippen molar-refractivity contribution in [3.8, 4) is 11.5 Å². The van der Waals surface area contributed by atoms with Gasteiger partial charge in [-0.2, -0.15) is 0 Å². The lowest BCUT2D eigenvalue weighted by molar-refractivity contribution is -0.141. The average molecular weight is 627 g/mol. The van der Waals surface area contributed by atoms with Gasteiger partial charge in [0.2, 0.25) is 0 Å². The lowest BCUT2D eigenvalue weighted by Gasteiger charge is -2.30. The molecule has 0 saturated heterocycles. The second-order valence-electron chi connectivity index (χ2n) is 13.5. The van der Waals surface area contributed by atoms with Crippen LogP contribution in [-0.4, -0.2) is 38.4 Å². The van der Waals surface area contributed by atoms with Crippen molar-refractivity contribution in [2.24, 2.45) is 11.8 Å². The average Bonchev–Trinajstić information content (AvgIpc) is 3.04. The van der Waals surface area contributed by atoms with Gasteiger partial charge in [0, 0.05) is 33.8 Å². The summed E-state index contributed by atoms with van der Waals surface area (Å²) in [6.45, 7) is 24.8. The Morgan fingerprint density at radius 2 is 0.804 bits per heavy atom. The summed E-state index contributed by atoms with van der Waals surface area (Å²) in [5.74, 6) is 0.940. The van der Waals surface area contributed by atoms with Gasteiger partial charge in [-0.15, -0.1) is 0 Å². The van der Waals surface area contributed by atoms with E-state index in [4.69, 9.17) is 18.9 Å². The zero-order chi connectivity index (χ0) is 34.1. The maximum atomic E-state index is 11.6. The van der Waals surface area contributed by atoms with Gasteiger partial charge in [0.05, 0.1) is 26.4 Å². The van der Waals surface area contributed by atoms with Crippen LogP contribution in [0.4, 0.5) is 0 Å². The van der Waals surface area contributed by atoms with Crippen LogP contribution in [0.15, 0.2) is 97.1 Å². The summed E-state index contributed by atoms with van der Waals surface area (Å²) in [4.78, 5) is 23.2. The molecule has 0 aliphatic carbocycles. The standard InChI is InChI=1S/C40H50O6/c1-27(2)37(41)45-25-29(5)23-43-35-19-15-33(16-20-35)39(7,8)31-11-13-32(14-12-31)40(9,10)34-17-21-36(22-18-34)44-24-30(6)26-46-38(42)28(3)4/h11-22,29-30H,1,3,23-26H2,2,4-10H3. The number of rotatable bonds is 16. The summed E-state index contributed by atoms with van der Waals surface area (Å²) in [5.41, 5.74) is 5.20. The minimum Gasteiger partial charge on any atom is -0.493 e. The van der Waals surface area contributed by atoms with Gasteiger partial charge in [0.25, 0.3) is 0 Å². The molecule has 46 heavy (non-hydrogen) atoms. The van der Waals surface area contributed by atoms with Crippen molar-refractivity contribution in [2.45, 2.75) is 66.2 Å². The molecule has 0 saturated carbocycles. The molecule has 0 fully saturated rings. The first-order valence-electron chi connectivity index (χ1n) is 15.8. The molecule has 0 aromatic heterocycles. The number of hydrogen-bond acceptors (Lipinski definition) is 6. The van der Waals surface area contributed by atoms with Crippen molar-refractivity contribution in [2.75, 3.05) is 26.4 Å². The summed E-state index contributed by atoms with van der Waals surface area (Å²) in [6, 6.07) is 25.3. The van der Waals surface area contributed by atoms with Crippen molar-refractivity contribution < 1.29 is 28.5 Å². The van der Waals surface area contributed by atoms with Gasteiger partial charge in [-0.25, -0.2) is 9.59 Å². The number of benzene rings is 3. The van der Waals surface area contributed by atoms with E-state index in [1.165, 1.54) is 22.3 Å². The molecule has 3 aromatic rings. The van der Waals surface area contributed by atoms with Crippen LogP contribution in [0.1, 0.15) is 77.6 Å². The Morgan fingerprint density at radius 1 is 0.543 bits per heavy atom. The fourth-order valence-electron chi connectivity index (χ4n) is 4.83. The molecule has 246 valence electrons. The van der Waals surface area contributed by atoms with Gasteiger partial charge in [-0.1, -0.05) is 103 Å². The van der Waals surface area contributed by atoms with Crippen molar-refractivity contribution in [1.82, 2.24) is 0 Å². The van der Waals surface area contributed by atoms with E-state index in [0.29, 0.717) is 37.6 Å². The molecule has 0 aliphatic heterocycles. The van der Waals surface area contributed by atoms with Gasteiger partial charge < -0.3 is 18.9 Å².